The number of nitrogens with zero attached hydrogens (tertiary/aromatic N) is 1. The van der Waals surface area contributed by atoms with Gasteiger partial charge in [-0.25, -0.2) is 0 Å². The number of amides is 3. The van der Waals surface area contributed by atoms with Crippen molar-refractivity contribution in [1.82, 2.24) is 5.32 Å². The van der Waals surface area contributed by atoms with E-state index in [-0.39, 0.29) is 40.9 Å². The van der Waals surface area contributed by atoms with Gasteiger partial charge < -0.3 is 15.5 Å². The fourth-order valence-electron chi connectivity index (χ4n) is 3.31. The second-order valence-corrected chi connectivity index (χ2v) is 7.54. The SMILES string of the molecule is CC(C)NC(=O)c1ccccc1NC(=O)c1cc(N2CCCC2=O)cc(C(F)(F)F)c1. The van der Waals surface area contributed by atoms with Gasteiger partial charge in [0.25, 0.3) is 11.8 Å². The topological polar surface area (TPSA) is 78.5 Å². The van der Waals surface area contributed by atoms with Crippen LogP contribution in [-0.2, 0) is 11.0 Å². The molecule has 164 valence electrons. The van der Waals surface area contributed by atoms with Crippen LogP contribution in [0.25, 0.3) is 0 Å². The van der Waals surface area contributed by atoms with Crippen molar-refractivity contribution in [3.8, 4) is 0 Å². The number of nitrogens with one attached hydrogen (secondary N) is 2. The molecule has 0 bridgehead atoms. The minimum Gasteiger partial charge on any atom is -0.350 e. The second-order valence-electron chi connectivity index (χ2n) is 7.54. The molecule has 1 saturated heterocycles. The maximum atomic E-state index is 13.4. The molecule has 2 aromatic carbocycles. The summed E-state index contributed by atoms with van der Waals surface area (Å²) in [6.45, 7) is 3.85. The highest BCUT2D eigenvalue weighted by atomic mass is 19.4. The number of alkyl halides is 3. The van der Waals surface area contributed by atoms with Crippen LogP contribution in [-0.4, -0.2) is 30.3 Å². The minimum absolute atomic E-state index is 0.0216. The van der Waals surface area contributed by atoms with E-state index in [0.29, 0.717) is 13.0 Å². The minimum atomic E-state index is -4.69. The Kier molecular flexibility index (Phi) is 6.33. The number of halogens is 3. The molecule has 0 saturated carbocycles. The smallest absolute Gasteiger partial charge is 0.350 e. The van der Waals surface area contributed by atoms with E-state index in [9.17, 15) is 27.6 Å². The van der Waals surface area contributed by atoms with Crippen molar-refractivity contribution in [1.29, 1.82) is 0 Å². The zero-order chi connectivity index (χ0) is 22.8. The lowest BCUT2D eigenvalue weighted by molar-refractivity contribution is -0.137. The summed E-state index contributed by atoms with van der Waals surface area (Å²) >= 11 is 0. The largest absolute Gasteiger partial charge is 0.416 e. The number of hydrogen-bond donors (Lipinski definition) is 2. The zero-order valence-electron chi connectivity index (χ0n) is 17.0. The van der Waals surface area contributed by atoms with Crippen molar-refractivity contribution in [2.24, 2.45) is 0 Å². The molecule has 31 heavy (non-hydrogen) atoms. The molecule has 1 fully saturated rings. The first-order valence-electron chi connectivity index (χ1n) is 9.80. The highest BCUT2D eigenvalue weighted by molar-refractivity contribution is 6.10. The van der Waals surface area contributed by atoms with Gasteiger partial charge in [0.1, 0.15) is 0 Å². The number of rotatable bonds is 5. The number of carbonyl (C=O) groups is 3. The first-order chi connectivity index (χ1) is 14.6. The predicted octanol–water partition coefficient (Wildman–Crippen LogP) is 4.22. The summed E-state index contributed by atoms with van der Waals surface area (Å²) < 4.78 is 40.3. The van der Waals surface area contributed by atoms with E-state index in [4.69, 9.17) is 0 Å². The highest BCUT2D eigenvalue weighted by Gasteiger charge is 2.33. The van der Waals surface area contributed by atoms with E-state index in [0.717, 1.165) is 12.1 Å². The molecule has 2 aromatic rings. The van der Waals surface area contributed by atoms with Gasteiger partial charge in [0.05, 0.1) is 16.8 Å². The molecule has 2 N–H and O–H groups in total. The first kappa shape index (κ1) is 22.3. The van der Waals surface area contributed by atoms with Crippen molar-refractivity contribution in [2.75, 3.05) is 16.8 Å². The van der Waals surface area contributed by atoms with Crippen molar-refractivity contribution >= 4 is 29.1 Å². The number of para-hydroxylation sites is 1. The third-order valence-electron chi connectivity index (χ3n) is 4.73. The molecule has 9 heteroatoms. The van der Waals surface area contributed by atoms with Crippen molar-refractivity contribution in [3.63, 3.8) is 0 Å². The number of benzene rings is 2. The summed E-state index contributed by atoms with van der Waals surface area (Å²) in [7, 11) is 0. The Hall–Kier alpha value is -3.36. The number of anilines is 2. The van der Waals surface area contributed by atoms with Crippen LogP contribution in [0.5, 0.6) is 0 Å². The monoisotopic (exact) mass is 433 g/mol. The fourth-order valence-corrected chi connectivity index (χ4v) is 3.31. The van der Waals surface area contributed by atoms with E-state index in [1.165, 1.54) is 23.1 Å². The summed E-state index contributed by atoms with van der Waals surface area (Å²) in [6.07, 6.45) is -3.91. The molecule has 1 aliphatic heterocycles. The van der Waals surface area contributed by atoms with Crippen molar-refractivity contribution in [3.05, 3.63) is 59.2 Å². The molecule has 0 atom stereocenters. The molecular formula is C22H22F3N3O3. The van der Waals surface area contributed by atoms with Gasteiger partial charge in [-0.15, -0.1) is 0 Å². The lowest BCUT2D eigenvalue weighted by Crippen LogP contribution is -2.31. The molecular weight excluding hydrogens is 411 g/mol. The maximum Gasteiger partial charge on any atom is 0.416 e. The molecule has 1 heterocycles. The molecule has 6 nitrogen and oxygen atoms in total. The lowest BCUT2D eigenvalue weighted by atomic mass is 10.1. The Labute approximate surface area is 177 Å². The molecule has 0 spiro atoms. The van der Waals surface area contributed by atoms with Gasteiger partial charge in [-0.05, 0) is 50.6 Å². The molecule has 1 aliphatic rings. The van der Waals surface area contributed by atoms with E-state index < -0.39 is 23.6 Å². The third-order valence-corrected chi connectivity index (χ3v) is 4.73. The third kappa shape index (κ3) is 5.22. The standard InChI is InChI=1S/C22H22F3N3O3/c1-13(2)26-21(31)17-6-3-4-7-18(17)27-20(30)14-10-15(22(23,24)25)12-16(11-14)28-9-5-8-19(28)29/h3-4,6-7,10-13H,5,8-9H2,1-2H3,(H,26,31)(H,27,30). The second kappa shape index (κ2) is 8.79. The lowest BCUT2D eigenvalue weighted by Gasteiger charge is -2.19. The Balaban J connectivity index is 1.95. The Morgan fingerprint density at radius 2 is 1.77 bits per heavy atom. The van der Waals surface area contributed by atoms with E-state index in [1.807, 2.05) is 0 Å². The molecule has 3 amide bonds. The van der Waals surface area contributed by atoms with Crippen LogP contribution in [0.15, 0.2) is 42.5 Å². The summed E-state index contributed by atoms with van der Waals surface area (Å²) in [6, 6.07) is 8.93. The van der Waals surface area contributed by atoms with Crippen LogP contribution in [0.3, 0.4) is 0 Å². The Morgan fingerprint density at radius 1 is 1.06 bits per heavy atom. The average molecular weight is 433 g/mol. The van der Waals surface area contributed by atoms with E-state index in [1.54, 1.807) is 26.0 Å². The summed E-state index contributed by atoms with van der Waals surface area (Å²) in [5.41, 5.74) is -0.911. The van der Waals surface area contributed by atoms with Gasteiger partial charge in [0.15, 0.2) is 0 Å². The van der Waals surface area contributed by atoms with Crippen LogP contribution in [0.1, 0.15) is 53.0 Å². The normalized spacial score (nSPS) is 14.1. The number of hydrogen-bond acceptors (Lipinski definition) is 3. The predicted molar refractivity (Wildman–Crippen MR) is 110 cm³/mol. The van der Waals surface area contributed by atoms with Crippen molar-refractivity contribution in [2.45, 2.75) is 38.9 Å². The Bertz CT molecular complexity index is 1020. The fraction of sp³-hybridized carbons (Fsp3) is 0.318. The van der Waals surface area contributed by atoms with Crippen LogP contribution in [0.2, 0.25) is 0 Å². The van der Waals surface area contributed by atoms with Gasteiger partial charge >= 0.3 is 6.18 Å². The molecule has 0 aliphatic carbocycles. The summed E-state index contributed by atoms with van der Waals surface area (Å²) in [5.74, 6) is -1.52. The van der Waals surface area contributed by atoms with Gasteiger partial charge in [0, 0.05) is 30.3 Å². The Morgan fingerprint density at radius 3 is 2.39 bits per heavy atom. The van der Waals surface area contributed by atoms with Gasteiger partial charge in [-0.3, -0.25) is 14.4 Å². The quantitative estimate of drug-likeness (QED) is 0.741. The van der Waals surface area contributed by atoms with Gasteiger partial charge in [0.2, 0.25) is 5.91 Å². The summed E-state index contributed by atoms with van der Waals surface area (Å²) in [4.78, 5) is 38.5. The van der Waals surface area contributed by atoms with E-state index >= 15 is 0 Å². The average Bonchev–Trinajstić information content (AvgIpc) is 3.12. The van der Waals surface area contributed by atoms with Crippen LogP contribution in [0, 0.1) is 0 Å². The highest BCUT2D eigenvalue weighted by Crippen LogP contribution is 2.34. The number of carbonyl (C=O) groups excluding carboxylic acids is 3. The molecule has 0 radical (unpaired) electrons. The molecule has 0 unspecified atom stereocenters. The van der Waals surface area contributed by atoms with Crippen molar-refractivity contribution < 1.29 is 27.6 Å². The zero-order valence-corrected chi connectivity index (χ0v) is 17.0. The van der Waals surface area contributed by atoms with Gasteiger partial charge in [-0.1, -0.05) is 12.1 Å². The molecule has 3 rings (SSSR count). The maximum absolute atomic E-state index is 13.4. The van der Waals surface area contributed by atoms with E-state index in [2.05, 4.69) is 10.6 Å². The summed E-state index contributed by atoms with van der Waals surface area (Å²) in [5, 5.41) is 5.23. The van der Waals surface area contributed by atoms with Crippen LogP contribution in [0.4, 0.5) is 24.5 Å². The van der Waals surface area contributed by atoms with Gasteiger partial charge in [-0.2, -0.15) is 13.2 Å². The van der Waals surface area contributed by atoms with Crippen LogP contribution < -0.4 is 15.5 Å². The van der Waals surface area contributed by atoms with Crippen LogP contribution >= 0.6 is 0 Å². The molecule has 0 aromatic heterocycles. The first-order valence-corrected chi connectivity index (χ1v) is 9.80.